The van der Waals surface area contributed by atoms with Gasteiger partial charge in [0.15, 0.2) is 0 Å². The highest BCUT2D eigenvalue weighted by Gasteiger charge is 2.35. The molecule has 0 aromatic heterocycles. The maximum atomic E-state index is 12.4. The molecular formula is C20H29N3O2. The second-order valence-corrected chi connectivity index (χ2v) is 7.42. The molecule has 1 aromatic rings. The fourth-order valence-electron chi connectivity index (χ4n) is 4.06. The van der Waals surface area contributed by atoms with E-state index in [9.17, 15) is 9.59 Å². The van der Waals surface area contributed by atoms with Crippen molar-refractivity contribution in [2.75, 3.05) is 13.1 Å². The molecule has 25 heavy (non-hydrogen) atoms. The normalized spacial score (nSPS) is 22.9. The molecule has 1 saturated heterocycles. The van der Waals surface area contributed by atoms with Crippen molar-refractivity contribution in [3.05, 3.63) is 35.4 Å². The minimum absolute atomic E-state index is 0.0555. The van der Waals surface area contributed by atoms with E-state index >= 15 is 0 Å². The molecule has 2 amide bonds. The molecule has 1 atom stereocenters. The number of carbonyl (C=O) groups excluding carboxylic acids is 2. The number of aryl methyl sites for hydroxylation is 1. The first-order valence-electron chi connectivity index (χ1n) is 9.48. The Morgan fingerprint density at radius 2 is 2.04 bits per heavy atom. The fraction of sp³-hybridized carbons (Fsp3) is 0.600. The maximum Gasteiger partial charge on any atom is 0.242 e. The van der Waals surface area contributed by atoms with E-state index in [1.807, 2.05) is 0 Å². The van der Waals surface area contributed by atoms with Gasteiger partial charge >= 0.3 is 0 Å². The molecule has 0 radical (unpaired) electrons. The molecule has 5 nitrogen and oxygen atoms in total. The van der Waals surface area contributed by atoms with Crippen molar-refractivity contribution >= 4 is 11.8 Å². The summed E-state index contributed by atoms with van der Waals surface area (Å²) in [5.41, 5.74) is 2.39. The number of amides is 2. The molecule has 0 bridgehead atoms. The molecule has 3 N–H and O–H groups in total. The van der Waals surface area contributed by atoms with Gasteiger partial charge in [-0.3, -0.25) is 14.9 Å². The van der Waals surface area contributed by atoms with E-state index in [4.69, 9.17) is 0 Å². The molecule has 1 aliphatic heterocycles. The lowest BCUT2D eigenvalue weighted by Gasteiger charge is -2.31. The van der Waals surface area contributed by atoms with E-state index < -0.39 is 6.04 Å². The van der Waals surface area contributed by atoms with Crippen LogP contribution in [0.2, 0.25) is 0 Å². The van der Waals surface area contributed by atoms with Crippen LogP contribution in [0.15, 0.2) is 24.3 Å². The van der Waals surface area contributed by atoms with Gasteiger partial charge in [-0.2, -0.15) is 0 Å². The number of nitrogens with one attached hydrogen (secondary N) is 3. The Morgan fingerprint density at radius 1 is 1.24 bits per heavy atom. The summed E-state index contributed by atoms with van der Waals surface area (Å²) in [6.07, 6.45) is 7.11. The third-order valence-electron chi connectivity index (χ3n) is 5.49. The van der Waals surface area contributed by atoms with Gasteiger partial charge in [0, 0.05) is 12.1 Å². The molecule has 5 heteroatoms. The van der Waals surface area contributed by atoms with Crippen LogP contribution < -0.4 is 16.0 Å². The van der Waals surface area contributed by atoms with Gasteiger partial charge < -0.3 is 10.6 Å². The predicted octanol–water partition coefficient (Wildman–Crippen LogP) is 2.14. The molecule has 2 aliphatic rings. The van der Waals surface area contributed by atoms with Crippen LogP contribution >= 0.6 is 0 Å². The van der Waals surface area contributed by atoms with Crippen LogP contribution in [0.3, 0.4) is 0 Å². The van der Waals surface area contributed by atoms with Gasteiger partial charge in [0.05, 0.1) is 6.54 Å². The van der Waals surface area contributed by atoms with Gasteiger partial charge in [0.25, 0.3) is 0 Å². The van der Waals surface area contributed by atoms with Crippen molar-refractivity contribution < 1.29 is 9.59 Å². The van der Waals surface area contributed by atoms with E-state index in [0.29, 0.717) is 6.54 Å². The van der Waals surface area contributed by atoms with Crippen LogP contribution in [0.25, 0.3) is 0 Å². The number of hydrogen-bond donors (Lipinski definition) is 3. The molecule has 1 saturated carbocycles. The van der Waals surface area contributed by atoms with E-state index in [1.165, 1.54) is 24.0 Å². The Hall–Kier alpha value is -1.88. The second-order valence-electron chi connectivity index (χ2n) is 7.42. The van der Waals surface area contributed by atoms with Crippen LogP contribution in [0.5, 0.6) is 0 Å². The SMILES string of the molecule is Cc1cccc(C2(NCC(=O)NC3CCCCNC3=O)CCCC2)c1. The molecule has 2 fully saturated rings. The number of carbonyl (C=O) groups is 2. The van der Waals surface area contributed by atoms with Crippen molar-refractivity contribution in [1.82, 2.24) is 16.0 Å². The summed E-state index contributed by atoms with van der Waals surface area (Å²) in [6.45, 7) is 3.06. The molecule has 136 valence electrons. The largest absolute Gasteiger partial charge is 0.354 e. The zero-order valence-electron chi connectivity index (χ0n) is 15.1. The van der Waals surface area contributed by atoms with Crippen molar-refractivity contribution in [2.24, 2.45) is 0 Å². The zero-order valence-corrected chi connectivity index (χ0v) is 15.1. The average Bonchev–Trinajstić information content (AvgIpc) is 3.00. The third kappa shape index (κ3) is 4.40. The first-order valence-corrected chi connectivity index (χ1v) is 9.48. The summed E-state index contributed by atoms with van der Waals surface area (Å²) in [7, 11) is 0. The Kier molecular flexibility index (Phi) is 5.74. The third-order valence-corrected chi connectivity index (χ3v) is 5.49. The van der Waals surface area contributed by atoms with Crippen molar-refractivity contribution in [2.45, 2.75) is 63.5 Å². The number of benzene rings is 1. The van der Waals surface area contributed by atoms with Gasteiger partial charge in [-0.15, -0.1) is 0 Å². The highest BCUT2D eigenvalue weighted by atomic mass is 16.2. The van der Waals surface area contributed by atoms with Crippen molar-refractivity contribution in [1.29, 1.82) is 0 Å². The van der Waals surface area contributed by atoms with Crippen LogP contribution in [-0.4, -0.2) is 30.9 Å². The standard InChI is InChI=1S/C20H29N3O2/c1-15-7-6-8-16(13-15)20(10-3-4-11-20)22-14-18(24)23-17-9-2-5-12-21-19(17)25/h6-8,13,17,22H,2-5,9-12,14H2,1H3,(H,21,25)(H,23,24). The smallest absolute Gasteiger partial charge is 0.242 e. The monoisotopic (exact) mass is 343 g/mol. The Morgan fingerprint density at radius 3 is 2.80 bits per heavy atom. The summed E-state index contributed by atoms with van der Waals surface area (Å²) in [4.78, 5) is 24.4. The molecule has 1 heterocycles. The van der Waals surface area contributed by atoms with Gasteiger partial charge in [-0.25, -0.2) is 0 Å². The Balaban J connectivity index is 1.61. The molecule has 1 aromatic carbocycles. The first-order chi connectivity index (χ1) is 12.1. The van der Waals surface area contributed by atoms with Gasteiger partial charge in [-0.1, -0.05) is 42.7 Å². The fourth-order valence-corrected chi connectivity index (χ4v) is 4.06. The van der Waals surface area contributed by atoms with Crippen LogP contribution in [0, 0.1) is 6.92 Å². The predicted molar refractivity (Wildman–Crippen MR) is 98.1 cm³/mol. The van der Waals surface area contributed by atoms with Gasteiger partial charge in [-0.05, 0) is 44.6 Å². The summed E-state index contributed by atoms with van der Waals surface area (Å²) in [5.74, 6) is -0.152. The lowest BCUT2D eigenvalue weighted by molar-refractivity contribution is -0.128. The highest BCUT2D eigenvalue weighted by molar-refractivity contribution is 5.88. The Labute approximate surface area is 150 Å². The van der Waals surface area contributed by atoms with E-state index in [2.05, 4.69) is 47.1 Å². The van der Waals surface area contributed by atoms with Crippen LogP contribution in [0.1, 0.15) is 56.1 Å². The van der Waals surface area contributed by atoms with E-state index in [-0.39, 0.29) is 23.9 Å². The molecule has 3 rings (SSSR count). The minimum Gasteiger partial charge on any atom is -0.354 e. The summed E-state index contributed by atoms with van der Waals surface area (Å²) in [5, 5.41) is 9.28. The van der Waals surface area contributed by atoms with Crippen molar-refractivity contribution in [3.63, 3.8) is 0 Å². The summed E-state index contributed by atoms with van der Waals surface area (Å²) < 4.78 is 0. The minimum atomic E-state index is -0.393. The molecule has 0 spiro atoms. The number of hydrogen-bond acceptors (Lipinski definition) is 3. The highest BCUT2D eigenvalue weighted by Crippen LogP contribution is 2.38. The number of rotatable bonds is 5. The average molecular weight is 343 g/mol. The lowest BCUT2D eigenvalue weighted by Crippen LogP contribution is -2.50. The van der Waals surface area contributed by atoms with Crippen LogP contribution in [0.4, 0.5) is 0 Å². The van der Waals surface area contributed by atoms with Gasteiger partial charge in [0.1, 0.15) is 6.04 Å². The maximum absolute atomic E-state index is 12.4. The second kappa shape index (κ2) is 8.00. The van der Waals surface area contributed by atoms with Crippen molar-refractivity contribution in [3.8, 4) is 0 Å². The molecular weight excluding hydrogens is 314 g/mol. The molecule has 1 aliphatic carbocycles. The Bertz CT molecular complexity index is 623. The first kappa shape index (κ1) is 17.9. The summed E-state index contributed by atoms with van der Waals surface area (Å²) in [6, 6.07) is 8.17. The van der Waals surface area contributed by atoms with Crippen LogP contribution in [-0.2, 0) is 15.1 Å². The van der Waals surface area contributed by atoms with E-state index in [1.54, 1.807) is 0 Å². The molecule has 1 unspecified atom stereocenters. The topological polar surface area (TPSA) is 70.2 Å². The lowest BCUT2D eigenvalue weighted by atomic mass is 9.87. The van der Waals surface area contributed by atoms with E-state index in [0.717, 1.165) is 32.1 Å². The quantitative estimate of drug-likeness (QED) is 0.767. The summed E-state index contributed by atoms with van der Waals surface area (Å²) >= 11 is 0. The van der Waals surface area contributed by atoms with Gasteiger partial charge in [0.2, 0.25) is 11.8 Å². The zero-order chi connectivity index (χ0) is 17.7.